The summed E-state index contributed by atoms with van der Waals surface area (Å²) in [6.07, 6.45) is 4.25. The highest BCUT2D eigenvalue weighted by molar-refractivity contribution is 5.76. The molecule has 0 saturated heterocycles. The number of carbonyl (C=O) groups excluding carboxylic acids is 1. The molecule has 0 N–H and O–H groups in total. The van der Waals surface area contributed by atoms with Crippen LogP contribution in [-0.2, 0) is 10.3 Å². The van der Waals surface area contributed by atoms with E-state index in [0.717, 1.165) is 31.4 Å². The van der Waals surface area contributed by atoms with E-state index in [2.05, 4.69) is 22.4 Å². The van der Waals surface area contributed by atoms with Crippen LogP contribution < -0.4 is 4.74 Å². The first-order chi connectivity index (χ1) is 12.5. The van der Waals surface area contributed by atoms with Gasteiger partial charge in [0.15, 0.2) is 5.82 Å². The van der Waals surface area contributed by atoms with Crippen LogP contribution in [0, 0.1) is 5.92 Å². The predicted molar refractivity (Wildman–Crippen MR) is 98.1 cm³/mol. The number of benzene rings is 1. The van der Waals surface area contributed by atoms with Gasteiger partial charge in [0.1, 0.15) is 17.0 Å². The standard InChI is InChI=1S/C19H27N5O2/c1-5-17(25)23(3)19(12-10-14(2)11-13-19)18-20-21-22-24(18)15-8-6-7-9-16(15)26-4/h6-9,14H,5,10-13H2,1-4H3. The summed E-state index contributed by atoms with van der Waals surface area (Å²) in [5, 5.41) is 12.6. The van der Waals surface area contributed by atoms with E-state index in [1.165, 1.54) is 0 Å². The van der Waals surface area contributed by atoms with Crippen molar-refractivity contribution in [1.82, 2.24) is 25.1 Å². The molecule has 0 bridgehead atoms. The van der Waals surface area contributed by atoms with E-state index >= 15 is 0 Å². The Morgan fingerprint density at radius 1 is 1.35 bits per heavy atom. The Labute approximate surface area is 154 Å². The first kappa shape index (κ1) is 18.4. The Bertz CT molecular complexity index is 765. The number of hydrogen-bond donors (Lipinski definition) is 0. The molecule has 1 aliphatic rings. The van der Waals surface area contributed by atoms with Crippen LogP contribution in [-0.4, -0.2) is 45.2 Å². The van der Waals surface area contributed by atoms with Crippen molar-refractivity contribution in [3.8, 4) is 11.4 Å². The van der Waals surface area contributed by atoms with Crippen LogP contribution in [0.4, 0.5) is 0 Å². The second-order valence-electron chi connectivity index (χ2n) is 7.11. The lowest BCUT2D eigenvalue weighted by Crippen LogP contribution is -2.50. The van der Waals surface area contributed by atoms with Crippen molar-refractivity contribution in [3.63, 3.8) is 0 Å². The van der Waals surface area contributed by atoms with E-state index in [0.29, 0.717) is 23.9 Å². The van der Waals surface area contributed by atoms with Gasteiger partial charge < -0.3 is 9.64 Å². The summed E-state index contributed by atoms with van der Waals surface area (Å²) in [7, 11) is 3.51. The normalized spacial score (nSPS) is 22.8. The molecule has 1 fully saturated rings. The molecule has 1 aromatic heterocycles. The van der Waals surface area contributed by atoms with Gasteiger partial charge >= 0.3 is 0 Å². The molecule has 2 aromatic rings. The average Bonchev–Trinajstić information content (AvgIpc) is 3.17. The third kappa shape index (κ3) is 3.06. The van der Waals surface area contributed by atoms with E-state index in [-0.39, 0.29) is 5.91 Å². The Balaban J connectivity index is 2.12. The summed E-state index contributed by atoms with van der Waals surface area (Å²) >= 11 is 0. The van der Waals surface area contributed by atoms with Crippen LogP contribution in [0.25, 0.3) is 5.69 Å². The molecule has 7 nitrogen and oxygen atoms in total. The maximum atomic E-state index is 12.6. The third-order valence-corrected chi connectivity index (χ3v) is 5.62. The minimum absolute atomic E-state index is 0.106. The number of para-hydroxylation sites is 2. The SMILES string of the molecule is CCC(=O)N(C)C1(c2nnnn2-c2ccccc2OC)CCC(C)CC1. The summed E-state index contributed by atoms with van der Waals surface area (Å²) in [5.74, 6) is 2.15. The van der Waals surface area contributed by atoms with Gasteiger partial charge in [-0.25, -0.2) is 0 Å². The quantitative estimate of drug-likeness (QED) is 0.822. The van der Waals surface area contributed by atoms with Crippen LogP contribution in [0.1, 0.15) is 51.8 Å². The number of amides is 1. The molecular formula is C19H27N5O2. The molecular weight excluding hydrogens is 330 g/mol. The average molecular weight is 357 g/mol. The third-order valence-electron chi connectivity index (χ3n) is 5.62. The number of hydrogen-bond acceptors (Lipinski definition) is 5. The Hall–Kier alpha value is -2.44. The first-order valence-electron chi connectivity index (χ1n) is 9.22. The second kappa shape index (κ2) is 7.43. The number of nitrogens with zero attached hydrogens (tertiary/aromatic N) is 5. The van der Waals surface area contributed by atoms with Crippen LogP contribution in [0.15, 0.2) is 24.3 Å². The molecule has 1 aromatic carbocycles. The lowest BCUT2D eigenvalue weighted by molar-refractivity contribution is -0.138. The van der Waals surface area contributed by atoms with Crippen molar-refractivity contribution in [2.75, 3.05) is 14.2 Å². The molecule has 0 atom stereocenters. The zero-order valence-corrected chi connectivity index (χ0v) is 16.0. The summed E-state index contributed by atoms with van der Waals surface area (Å²) in [6, 6.07) is 7.66. The minimum Gasteiger partial charge on any atom is -0.494 e. The van der Waals surface area contributed by atoms with Gasteiger partial charge in [-0.1, -0.05) is 26.0 Å². The lowest BCUT2D eigenvalue weighted by Gasteiger charge is -2.44. The van der Waals surface area contributed by atoms with Crippen molar-refractivity contribution in [2.45, 2.75) is 51.5 Å². The van der Waals surface area contributed by atoms with Crippen molar-refractivity contribution < 1.29 is 9.53 Å². The van der Waals surface area contributed by atoms with Crippen molar-refractivity contribution in [1.29, 1.82) is 0 Å². The predicted octanol–water partition coefficient (Wildman–Crippen LogP) is 2.94. The zero-order chi connectivity index (χ0) is 18.7. The van der Waals surface area contributed by atoms with Gasteiger partial charge in [-0.05, 0) is 54.2 Å². The summed E-state index contributed by atoms with van der Waals surface area (Å²) < 4.78 is 7.22. The minimum atomic E-state index is -0.496. The summed E-state index contributed by atoms with van der Waals surface area (Å²) in [6.45, 7) is 4.15. The van der Waals surface area contributed by atoms with Gasteiger partial charge in [0.25, 0.3) is 0 Å². The fraction of sp³-hybridized carbons (Fsp3) is 0.579. The molecule has 0 spiro atoms. The van der Waals surface area contributed by atoms with E-state index in [1.54, 1.807) is 11.8 Å². The first-order valence-corrected chi connectivity index (χ1v) is 9.22. The van der Waals surface area contributed by atoms with Gasteiger partial charge in [0.05, 0.1) is 7.11 Å². The Morgan fingerprint density at radius 3 is 2.69 bits per heavy atom. The van der Waals surface area contributed by atoms with Gasteiger partial charge in [-0.3, -0.25) is 4.79 Å². The molecule has 0 radical (unpaired) electrons. The molecule has 1 saturated carbocycles. The fourth-order valence-electron chi connectivity index (χ4n) is 3.87. The van der Waals surface area contributed by atoms with E-state index < -0.39 is 5.54 Å². The van der Waals surface area contributed by atoms with Crippen LogP contribution in [0.3, 0.4) is 0 Å². The molecule has 26 heavy (non-hydrogen) atoms. The smallest absolute Gasteiger partial charge is 0.222 e. The summed E-state index contributed by atoms with van der Waals surface area (Å²) in [5.41, 5.74) is 0.287. The molecule has 1 aliphatic carbocycles. The summed E-state index contributed by atoms with van der Waals surface area (Å²) in [4.78, 5) is 14.4. The highest BCUT2D eigenvalue weighted by Crippen LogP contribution is 2.43. The Morgan fingerprint density at radius 2 is 2.04 bits per heavy atom. The monoisotopic (exact) mass is 357 g/mol. The number of aromatic nitrogens is 4. The second-order valence-corrected chi connectivity index (χ2v) is 7.11. The van der Waals surface area contributed by atoms with Crippen molar-refractivity contribution in [2.24, 2.45) is 5.92 Å². The molecule has 7 heteroatoms. The maximum absolute atomic E-state index is 12.6. The molecule has 0 aliphatic heterocycles. The van der Waals surface area contributed by atoms with E-state index in [4.69, 9.17) is 4.74 Å². The van der Waals surface area contributed by atoms with Crippen LogP contribution >= 0.6 is 0 Å². The topological polar surface area (TPSA) is 73.1 Å². The van der Waals surface area contributed by atoms with Crippen LogP contribution in [0.5, 0.6) is 5.75 Å². The van der Waals surface area contributed by atoms with Gasteiger partial charge in [-0.15, -0.1) is 5.10 Å². The van der Waals surface area contributed by atoms with Crippen molar-refractivity contribution >= 4 is 5.91 Å². The molecule has 1 heterocycles. The molecule has 1 amide bonds. The van der Waals surface area contributed by atoms with Gasteiger partial charge in [-0.2, -0.15) is 4.68 Å². The largest absolute Gasteiger partial charge is 0.494 e. The number of carbonyl (C=O) groups is 1. The van der Waals surface area contributed by atoms with Crippen molar-refractivity contribution in [3.05, 3.63) is 30.1 Å². The molecule has 140 valence electrons. The maximum Gasteiger partial charge on any atom is 0.222 e. The zero-order valence-electron chi connectivity index (χ0n) is 16.0. The van der Waals surface area contributed by atoms with Crippen LogP contribution in [0.2, 0.25) is 0 Å². The molecule has 3 rings (SSSR count). The number of ether oxygens (including phenoxy) is 1. The lowest BCUT2D eigenvalue weighted by atomic mass is 9.75. The van der Waals surface area contributed by atoms with Gasteiger partial charge in [0, 0.05) is 13.5 Å². The number of tetrazole rings is 1. The fourth-order valence-corrected chi connectivity index (χ4v) is 3.87. The molecule has 0 unspecified atom stereocenters. The van der Waals surface area contributed by atoms with E-state index in [9.17, 15) is 4.79 Å². The number of rotatable bonds is 5. The van der Waals surface area contributed by atoms with E-state index in [1.807, 2.05) is 43.1 Å². The number of methoxy groups -OCH3 is 1. The highest BCUT2D eigenvalue weighted by atomic mass is 16.5. The Kier molecular flexibility index (Phi) is 5.25. The highest BCUT2D eigenvalue weighted by Gasteiger charge is 2.45. The van der Waals surface area contributed by atoms with Gasteiger partial charge in [0.2, 0.25) is 5.91 Å².